The van der Waals surface area contributed by atoms with Crippen molar-refractivity contribution in [2.24, 2.45) is 0 Å². The van der Waals surface area contributed by atoms with Crippen LogP contribution in [0, 0.1) is 12.7 Å². The van der Waals surface area contributed by atoms with Crippen molar-refractivity contribution in [1.82, 2.24) is 24.5 Å². The van der Waals surface area contributed by atoms with Crippen molar-refractivity contribution in [2.75, 3.05) is 42.7 Å². The van der Waals surface area contributed by atoms with Crippen molar-refractivity contribution in [3.63, 3.8) is 0 Å². The van der Waals surface area contributed by atoms with Crippen molar-refractivity contribution < 1.29 is 9.18 Å². The van der Waals surface area contributed by atoms with E-state index in [1.54, 1.807) is 23.7 Å². The number of thioether (sulfide) groups is 1. The van der Waals surface area contributed by atoms with Gasteiger partial charge in [-0.25, -0.2) is 9.37 Å². The number of hydrogen-bond donors (Lipinski definition) is 2. The molecule has 0 aliphatic carbocycles. The van der Waals surface area contributed by atoms with Gasteiger partial charge in [-0.05, 0) is 32.2 Å². The highest BCUT2D eigenvalue weighted by Gasteiger charge is 2.23. The minimum atomic E-state index is -0.486. The van der Waals surface area contributed by atoms with Crippen LogP contribution in [0.25, 0.3) is 16.6 Å². The van der Waals surface area contributed by atoms with Crippen LogP contribution in [0.1, 0.15) is 23.0 Å². The molecule has 1 atom stereocenters. The molecule has 0 saturated carbocycles. The Morgan fingerprint density at radius 3 is 2.97 bits per heavy atom. The molecule has 4 aromatic rings. The molecule has 1 aliphatic rings. The number of halogens is 1. The normalized spacial score (nSPS) is 16.8. The highest BCUT2D eigenvalue weighted by Crippen LogP contribution is 2.31. The Hall–Kier alpha value is -3.11. The summed E-state index contributed by atoms with van der Waals surface area (Å²) >= 11 is 1.86. The Kier molecular flexibility index (Phi) is 6.18. The monoisotopic (exact) mass is 481 g/mol. The van der Waals surface area contributed by atoms with Crippen molar-refractivity contribution >= 4 is 45.6 Å². The van der Waals surface area contributed by atoms with Crippen LogP contribution in [0.5, 0.6) is 0 Å². The molecule has 0 spiro atoms. The lowest BCUT2D eigenvalue weighted by atomic mass is 10.1. The number of benzene rings is 1. The van der Waals surface area contributed by atoms with E-state index < -0.39 is 5.82 Å². The second kappa shape index (κ2) is 9.27. The maximum atomic E-state index is 14.5. The van der Waals surface area contributed by atoms with E-state index in [2.05, 4.69) is 26.8 Å². The average molecular weight is 482 g/mol. The molecule has 0 bridgehead atoms. The molecule has 1 aliphatic heterocycles. The minimum absolute atomic E-state index is 0.236. The number of amides is 1. The number of rotatable bonds is 5. The second-order valence-corrected chi connectivity index (χ2v) is 9.67. The van der Waals surface area contributed by atoms with Gasteiger partial charge in [-0.15, -0.1) is 0 Å². The molecule has 10 heteroatoms. The van der Waals surface area contributed by atoms with Gasteiger partial charge in [-0.2, -0.15) is 16.9 Å². The van der Waals surface area contributed by atoms with Crippen molar-refractivity contribution in [1.29, 1.82) is 0 Å². The number of carbonyl (C=O) groups excluding carboxylic acids is 1. The summed E-state index contributed by atoms with van der Waals surface area (Å²) in [5.74, 6) is -0.812. The van der Waals surface area contributed by atoms with E-state index in [0.29, 0.717) is 34.3 Å². The maximum absolute atomic E-state index is 14.5. The number of aromatic nitrogens is 4. The number of carbonyl (C=O) groups is 1. The number of imidazole rings is 1. The van der Waals surface area contributed by atoms with E-state index in [-0.39, 0.29) is 11.6 Å². The van der Waals surface area contributed by atoms with Gasteiger partial charge in [0.25, 0.3) is 5.91 Å². The fourth-order valence-electron chi connectivity index (χ4n) is 4.46. The third-order valence-corrected chi connectivity index (χ3v) is 7.16. The number of aryl methyl sites for hydroxylation is 2. The van der Waals surface area contributed by atoms with Gasteiger partial charge in [-0.3, -0.25) is 9.48 Å². The Labute approximate surface area is 201 Å². The third kappa shape index (κ3) is 4.23. The quantitative estimate of drug-likeness (QED) is 0.454. The van der Waals surface area contributed by atoms with Crippen LogP contribution in [-0.4, -0.2) is 62.8 Å². The van der Waals surface area contributed by atoms with Crippen molar-refractivity contribution in [3.05, 3.63) is 53.9 Å². The van der Waals surface area contributed by atoms with Gasteiger partial charge >= 0.3 is 0 Å². The molecule has 0 radical (unpaired) electrons. The third-order valence-electron chi connectivity index (χ3n) is 6.18. The molecular formula is C24H28FN7OS. The van der Waals surface area contributed by atoms with Gasteiger partial charge in [0.15, 0.2) is 11.5 Å². The average Bonchev–Trinajstić information content (AvgIpc) is 3.34. The predicted molar refractivity (Wildman–Crippen MR) is 136 cm³/mol. The second-order valence-electron chi connectivity index (χ2n) is 8.53. The van der Waals surface area contributed by atoms with Gasteiger partial charge in [-0.1, -0.05) is 0 Å². The highest BCUT2D eigenvalue weighted by atomic mass is 32.2. The summed E-state index contributed by atoms with van der Waals surface area (Å²) in [5.41, 5.74) is 3.49. The Balaban J connectivity index is 1.51. The topological polar surface area (TPSA) is 79.5 Å². The Morgan fingerprint density at radius 1 is 1.32 bits per heavy atom. The molecule has 34 heavy (non-hydrogen) atoms. The van der Waals surface area contributed by atoms with Crippen LogP contribution in [0.15, 0.2) is 36.8 Å². The molecule has 2 N–H and O–H groups in total. The zero-order valence-electron chi connectivity index (χ0n) is 19.5. The maximum Gasteiger partial charge on any atom is 0.257 e. The molecule has 1 aromatic carbocycles. The Bertz CT molecular complexity index is 1360. The Morgan fingerprint density at radius 2 is 2.18 bits per heavy atom. The number of nitrogens with zero attached hydrogens (tertiary/aromatic N) is 5. The van der Waals surface area contributed by atoms with Crippen LogP contribution in [0.4, 0.5) is 15.8 Å². The standard InChI is InChI=1S/C24H28FN7OS/c1-4-32-14-19-21(30-8-7-26-10-17(13-30)34-3)6-5-18(22(19)29-32)24(33)28-16-9-20(25)23-27-15(2)11-31(23)12-16/h5-6,9,11-12,14,17,26H,4,7-8,10,13H2,1-3H3,(H,28,33). The first-order chi connectivity index (χ1) is 16.5. The lowest BCUT2D eigenvalue weighted by Crippen LogP contribution is -2.31. The summed E-state index contributed by atoms with van der Waals surface area (Å²) in [6.45, 7) is 8.22. The van der Waals surface area contributed by atoms with Crippen LogP contribution in [-0.2, 0) is 6.54 Å². The van der Waals surface area contributed by atoms with Crippen LogP contribution >= 0.6 is 11.8 Å². The van der Waals surface area contributed by atoms with E-state index in [9.17, 15) is 9.18 Å². The molecule has 4 heterocycles. The number of pyridine rings is 1. The molecule has 8 nitrogen and oxygen atoms in total. The fraction of sp³-hybridized carbons (Fsp3) is 0.375. The van der Waals surface area contributed by atoms with Gasteiger partial charge in [0, 0.05) is 73.7 Å². The van der Waals surface area contributed by atoms with Gasteiger partial charge in [0.05, 0.1) is 16.9 Å². The summed E-state index contributed by atoms with van der Waals surface area (Å²) in [7, 11) is 0. The molecule has 178 valence electrons. The number of fused-ring (bicyclic) bond motifs is 2. The zero-order chi connectivity index (χ0) is 23.8. The zero-order valence-corrected chi connectivity index (χ0v) is 20.3. The highest BCUT2D eigenvalue weighted by molar-refractivity contribution is 7.99. The first kappa shape index (κ1) is 22.7. The van der Waals surface area contributed by atoms with Crippen LogP contribution in [0.3, 0.4) is 0 Å². The summed E-state index contributed by atoms with van der Waals surface area (Å²) in [5, 5.41) is 12.5. The number of anilines is 2. The SMILES string of the molecule is CCn1cc2c(N3CCNCC(SC)C3)ccc(C(=O)Nc3cc(F)c4nc(C)cn4c3)c2n1. The molecular weight excluding hydrogens is 453 g/mol. The molecule has 1 amide bonds. The lowest BCUT2D eigenvalue weighted by molar-refractivity contribution is 0.102. The molecule has 1 fully saturated rings. The summed E-state index contributed by atoms with van der Waals surface area (Å²) in [6.07, 6.45) is 7.54. The molecule has 1 saturated heterocycles. The number of hydrogen-bond acceptors (Lipinski definition) is 6. The molecule has 5 rings (SSSR count). The smallest absolute Gasteiger partial charge is 0.257 e. The van der Waals surface area contributed by atoms with E-state index in [0.717, 1.165) is 37.3 Å². The largest absolute Gasteiger partial charge is 0.369 e. The molecule has 1 unspecified atom stereocenters. The summed E-state index contributed by atoms with van der Waals surface area (Å²) < 4.78 is 17.9. The predicted octanol–water partition coefficient (Wildman–Crippen LogP) is 3.54. The van der Waals surface area contributed by atoms with Gasteiger partial charge < -0.3 is 19.9 Å². The van der Waals surface area contributed by atoms with Gasteiger partial charge in [0.1, 0.15) is 5.52 Å². The van der Waals surface area contributed by atoms with Crippen molar-refractivity contribution in [2.45, 2.75) is 25.6 Å². The first-order valence-electron chi connectivity index (χ1n) is 11.4. The van der Waals surface area contributed by atoms with E-state index in [4.69, 9.17) is 5.10 Å². The fourth-order valence-corrected chi connectivity index (χ4v) is 5.07. The van der Waals surface area contributed by atoms with E-state index in [1.807, 2.05) is 41.7 Å². The lowest BCUT2D eigenvalue weighted by Gasteiger charge is -2.26. The van der Waals surface area contributed by atoms with Crippen molar-refractivity contribution in [3.8, 4) is 0 Å². The van der Waals surface area contributed by atoms with Crippen LogP contribution in [0.2, 0.25) is 0 Å². The number of nitrogens with one attached hydrogen (secondary N) is 2. The summed E-state index contributed by atoms with van der Waals surface area (Å²) in [4.78, 5) is 19.8. The van der Waals surface area contributed by atoms with E-state index in [1.165, 1.54) is 6.07 Å². The summed E-state index contributed by atoms with van der Waals surface area (Å²) in [6, 6.07) is 5.12. The first-order valence-corrected chi connectivity index (χ1v) is 12.7. The van der Waals surface area contributed by atoms with Crippen LogP contribution < -0.4 is 15.5 Å². The molecule has 3 aromatic heterocycles. The van der Waals surface area contributed by atoms with E-state index >= 15 is 0 Å². The van der Waals surface area contributed by atoms with Gasteiger partial charge in [0.2, 0.25) is 0 Å². The minimum Gasteiger partial charge on any atom is -0.369 e.